The minimum Gasteiger partial charge on any atom is -0.478 e. The van der Waals surface area contributed by atoms with E-state index < -0.39 is 5.97 Å². The van der Waals surface area contributed by atoms with E-state index in [2.05, 4.69) is 4.99 Å². The van der Waals surface area contributed by atoms with Crippen LogP contribution in [0.4, 0.5) is 0 Å². The van der Waals surface area contributed by atoms with Gasteiger partial charge in [-0.2, -0.15) is 0 Å². The zero-order valence-electron chi connectivity index (χ0n) is 8.16. The molecule has 1 heterocycles. The Morgan fingerprint density at radius 3 is 2.79 bits per heavy atom. The second-order valence-corrected chi connectivity index (χ2v) is 3.53. The van der Waals surface area contributed by atoms with Crippen molar-refractivity contribution >= 4 is 11.7 Å². The first kappa shape index (κ1) is 8.94. The number of fused-ring (bicyclic) bond motifs is 1. The van der Waals surface area contributed by atoms with Crippen molar-refractivity contribution in [3.63, 3.8) is 0 Å². The smallest absolute Gasteiger partial charge is 0.335 e. The van der Waals surface area contributed by atoms with Crippen LogP contribution in [0.5, 0.6) is 0 Å². The van der Waals surface area contributed by atoms with E-state index in [1.54, 1.807) is 12.1 Å². The lowest BCUT2D eigenvalue weighted by Crippen LogP contribution is -2.02. The molecule has 72 valence electrons. The average Bonchev–Trinajstić information content (AvgIpc) is 2.48. The lowest BCUT2D eigenvalue weighted by molar-refractivity contribution is 0.0697. The molecule has 3 nitrogen and oxygen atoms in total. The number of aromatic carboxylic acids is 1. The van der Waals surface area contributed by atoms with E-state index in [1.165, 1.54) is 0 Å². The zero-order chi connectivity index (χ0) is 10.3. The monoisotopic (exact) mass is 189 g/mol. The second kappa shape index (κ2) is 2.94. The molecular formula is C11H11NO2. The molecular weight excluding hydrogens is 178 g/mol. The molecule has 1 aliphatic rings. The van der Waals surface area contributed by atoms with Gasteiger partial charge in [0.2, 0.25) is 0 Å². The molecule has 0 saturated heterocycles. The lowest BCUT2D eigenvalue weighted by Gasteiger charge is -2.05. The highest BCUT2D eigenvalue weighted by atomic mass is 16.4. The largest absolute Gasteiger partial charge is 0.478 e. The molecule has 0 aromatic heterocycles. The number of hydrogen-bond donors (Lipinski definition) is 1. The highest BCUT2D eigenvalue weighted by Crippen LogP contribution is 2.24. The molecule has 1 aliphatic heterocycles. The number of carboxylic acids is 1. The van der Waals surface area contributed by atoms with Crippen molar-refractivity contribution < 1.29 is 9.90 Å². The van der Waals surface area contributed by atoms with Crippen LogP contribution in [0.1, 0.15) is 34.0 Å². The first-order valence-electron chi connectivity index (χ1n) is 4.48. The summed E-state index contributed by atoms with van der Waals surface area (Å²) in [6, 6.07) is 3.41. The number of carbonyl (C=O) groups is 1. The molecule has 3 heteroatoms. The Labute approximate surface area is 82.1 Å². The number of nitrogens with zero attached hydrogens (tertiary/aromatic N) is 1. The Morgan fingerprint density at radius 1 is 1.43 bits per heavy atom. The zero-order valence-corrected chi connectivity index (χ0v) is 8.16. The van der Waals surface area contributed by atoms with Gasteiger partial charge in [0.05, 0.1) is 12.1 Å². The molecule has 0 amide bonds. The van der Waals surface area contributed by atoms with Gasteiger partial charge in [-0.1, -0.05) is 0 Å². The van der Waals surface area contributed by atoms with Crippen molar-refractivity contribution in [3.8, 4) is 0 Å². The summed E-state index contributed by atoms with van der Waals surface area (Å²) in [5, 5.41) is 8.89. The molecule has 0 unspecified atom stereocenters. The topological polar surface area (TPSA) is 49.7 Å². The van der Waals surface area contributed by atoms with Crippen LogP contribution in [0.3, 0.4) is 0 Å². The number of rotatable bonds is 1. The van der Waals surface area contributed by atoms with E-state index in [4.69, 9.17) is 5.11 Å². The van der Waals surface area contributed by atoms with Crippen LogP contribution in [0, 0.1) is 6.92 Å². The Hall–Kier alpha value is -1.64. The van der Waals surface area contributed by atoms with Crippen molar-refractivity contribution in [2.24, 2.45) is 4.99 Å². The summed E-state index contributed by atoms with van der Waals surface area (Å²) in [4.78, 5) is 15.1. The van der Waals surface area contributed by atoms with Crippen LogP contribution in [0.2, 0.25) is 0 Å². The van der Waals surface area contributed by atoms with Gasteiger partial charge >= 0.3 is 5.97 Å². The van der Waals surface area contributed by atoms with E-state index in [9.17, 15) is 4.79 Å². The summed E-state index contributed by atoms with van der Waals surface area (Å²) < 4.78 is 0. The Bertz CT molecular complexity index is 447. The normalized spacial score (nSPS) is 13.7. The van der Waals surface area contributed by atoms with Gasteiger partial charge in [-0.05, 0) is 37.1 Å². The van der Waals surface area contributed by atoms with Crippen LogP contribution in [0.25, 0.3) is 0 Å². The molecule has 0 bridgehead atoms. The first-order valence-corrected chi connectivity index (χ1v) is 4.48. The fraction of sp³-hybridized carbons (Fsp3) is 0.273. The summed E-state index contributed by atoms with van der Waals surface area (Å²) in [7, 11) is 0. The van der Waals surface area contributed by atoms with Gasteiger partial charge in [-0.15, -0.1) is 0 Å². The first-order chi connectivity index (χ1) is 6.59. The van der Waals surface area contributed by atoms with Crippen LogP contribution < -0.4 is 0 Å². The van der Waals surface area contributed by atoms with Crippen LogP contribution in [-0.4, -0.2) is 16.8 Å². The highest BCUT2D eigenvalue weighted by molar-refractivity contribution is 6.04. The van der Waals surface area contributed by atoms with Crippen molar-refractivity contribution in [3.05, 3.63) is 34.4 Å². The number of carboxylic acid groups (broad SMARTS) is 1. The van der Waals surface area contributed by atoms with Gasteiger partial charge in [0.25, 0.3) is 0 Å². The molecule has 2 rings (SSSR count). The van der Waals surface area contributed by atoms with Crippen molar-refractivity contribution in [1.29, 1.82) is 0 Å². The van der Waals surface area contributed by atoms with Gasteiger partial charge in [0, 0.05) is 11.3 Å². The number of aryl methyl sites for hydroxylation is 1. The van der Waals surface area contributed by atoms with Gasteiger partial charge in [-0.25, -0.2) is 4.79 Å². The molecule has 1 N–H and O–H groups in total. The molecule has 0 atom stereocenters. The summed E-state index contributed by atoms with van der Waals surface area (Å²) in [5.74, 6) is -0.879. The van der Waals surface area contributed by atoms with Crippen molar-refractivity contribution in [1.82, 2.24) is 0 Å². The third kappa shape index (κ3) is 1.21. The summed E-state index contributed by atoms with van der Waals surface area (Å²) in [5.41, 5.74) is 4.44. The fourth-order valence-corrected chi connectivity index (χ4v) is 1.76. The molecule has 0 saturated carbocycles. The quantitative estimate of drug-likeness (QED) is 0.734. The number of hydrogen-bond acceptors (Lipinski definition) is 2. The SMILES string of the molecule is CC1=NCc2c(C)cc(C(=O)O)cc21. The van der Waals surface area contributed by atoms with Crippen LogP contribution in [-0.2, 0) is 6.54 Å². The molecule has 1 aromatic carbocycles. The summed E-state index contributed by atoms with van der Waals surface area (Å²) >= 11 is 0. The molecule has 14 heavy (non-hydrogen) atoms. The van der Waals surface area contributed by atoms with Gasteiger partial charge in [0.1, 0.15) is 0 Å². The van der Waals surface area contributed by atoms with Gasteiger partial charge in [0.15, 0.2) is 0 Å². The maximum absolute atomic E-state index is 10.8. The molecule has 0 spiro atoms. The van der Waals surface area contributed by atoms with E-state index in [0.717, 1.165) is 22.4 Å². The third-order valence-corrected chi connectivity index (χ3v) is 2.58. The Balaban J connectivity index is 2.63. The van der Waals surface area contributed by atoms with E-state index in [-0.39, 0.29) is 0 Å². The van der Waals surface area contributed by atoms with Gasteiger partial charge in [-0.3, -0.25) is 4.99 Å². The van der Waals surface area contributed by atoms with Crippen molar-refractivity contribution in [2.75, 3.05) is 0 Å². The van der Waals surface area contributed by atoms with Crippen LogP contribution >= 0.6 is 0 Å². The number of aliphatic imine (C=N–C) groups is 1. The summed E-state index contributed by atoms with van der Waals surface area (Å²) in [6.07, 6.45) is 0. The minimum atomic E-state index is -0.879. The molecule has 0 radical (unpaired) electrons. The Kier molecular flexibility index (Phi) is 1.88. The van der Waals surface area contributed by atoms with Gasteiger partial charge < -0.3 is 5.11 Å². The van der Waals surface area contributed by atoms with Crippen LogP contribution in [0.15, 0.2) is 17.1 Å². The molecule has 0 fully saturated rings. The van der Waals surface area contributed by atoms with E-state index in [0.29, 0.717) is 12.1 Å². The maximum atomic E-state index is 10.8. The lowest BCUT2D eigenvalue weighted by atomic mass is 9.98. The van der Waals surface area contributed by atoms with Crippen molar-refractivity contribution in [2.45, 2.75) is 20.4 Å². The standard InChI is InChI=1S/C11H11NO2/c1-6-3-8(11(13)14)4-9-7(2)12-5-10(6)9/h3-4H,5H2,1-2H3,(H,13,14). The summed E-state index contributed by atoms with van der Waals surface area (Å²) in [6.45, 7) is 4.53. The highest BCUT2D eigenvalue weighted by Gasteiger charge is 2.17. The maximum Gasteiger partial charge on any atom is 0.335 e. The third-order valence-electron chi connectivity index (χ3n) is 2.58. The molecule has 0 aliphatic carbocycles. The predicted molar refractivity (Wildman–Crippen MR) is 54.1 cm³/mol. The predicted octanol–water partition coefficient (Wildman–Crippen LogP) is 2.02. The minimum absolute atomic E-state index is 0.345. The fourth-order valence-electron chi connectivity index (χ4n) is 1.76. The van der Waals surface area contributed by atoms with E-state index in [1.807, 2.05) is 13.8 Å². The second-order valence-electron chi connectivity index (χ2n) is 3.53. The Morgan fingerprint density at radius 2 is 2.14 bits per heavy atom. The average molecular weight is 189 g/mol. The molecule has 1 aromatic rings. The number of benzene rings is 1. The van der Waals surface area contributed by atoms with E-state index >= 15 is 0 Å².